The summed E-state index contributed by atoms with van der Waals surface area (Å²) in [7, 11) is 0. The minimum atomic E-state index is -0.352. The van der Waals surface area contributed by atoms with E-state index in [0.717, 1.165) is 5.56 Å². The van der Waals surface area contributed by atoms with Crippen LogP contribution >= 0.6 is 0 Å². The molecule has 0 aliphatic carbocycles. The fourth-order valence-corrected chi connectivity index (χ4v) is 4.36. The van der Waals surface area contributed by atoms with E-state index in [-0.39, 0.29) is 24.3 Å². The van der Waals surface area contributed by atoms with E-state index < -0.39 is 0 Å². The molecule has 0 radical (unpaired) electrons. The number of rotatable bonds is 6. The van der Waals surface area contributed by atoms with Crippen molar-refractivity contribution in [2.45, 2.75) is 13.8 Å². The van der Waals surface area contributed by atoms with Gasteiger partial charge in [-0.25, -0.2) is 4.90 Å². The highest BCUT2D eigenvalue weighted by molar-refractivity contribution is 6.45. The van der Waals surface area contributed by atoms with Gasteiger partial charge in [0.15, 0.2) is 0 Å². The number of carbonyl (C=O) groups excluding carboxylic acids is 3. The summed E-state index contributed by atoms with van der Waals surface area (Å²) in [5.74, 6) is -0.860. The van der Waals surface area contributed by atoms with Crippen molar-refractivity contribution >= 4 is 34.7 Å². The van der Waals surface area contributed by atoms with E-state index >= 15 is 0 Å². The second-order valence-corrected chi connectivity index (χ2v) is 8.27. The van der Waals surface area contributed by atoms with Crippen molar-refractivity contribution in [3.05, 3.63) is 65.4 Å². The molecule has 2 aliphatic heterocycles. The minimum absolute atomic E-state index is 0.0903. The topological polar surface area (TPSA) is 93.2 Å². The van der Waals surface area contributed by atoms with Crippen LogP contribution in [0.4, 0.5) is 11.4 Å². The number of aliphatic hydroxyl groups is 1. The number of aryl methyl sites for hydroxylation is 1. The number of anilines is 2. The van der Waals surface area contributed by atoms with Crippen LogP contribution in [0.3, 0.4) is 0 Å². The number of hydrogen-bond donors (Lipinski definition) is 2. The first-order chi connectivity index (χ1) is 15.9. The van der Waals surface area contributed by atoms with E-state index in [0.29, 0.717) is 60.9 Å². The average Bonchev–Trinajstić information content (AvgIpc) is 3.05. The van der Waals surface area contributed by atoms with Gasteiger partial charge in [-0.3, -0.25) is 19.3 Å². The van der Waals surface area contributed by atoms with E-state index in [9.17, 15) is 19.5 Å². The second kappa shape index (κ2) is 9.56. The third-order valence-electron chi connectivity index (χ3n) is 6.01. The van der Waals surface area contributed by atoms with Crippen molar-refractivity contribution < 1.29 is 19.5 Å². The molecule has 0 bridgehead atoms. The average molecular weight is 449 g/mol. The summed E-state index contributed by atoms with van der Waals surface area (Å²) in [6.07, 6.45) is 0. The van der Waals surface area contributed by atoms with Gasteiger partial charge in [-0.05, 0) is 36.2 Å². The third-order valence-corrected chi connectivity index (χ3v) is 6.01. The van der Waals surface area contributed by atoms with Crippen LogP contribution in [-0.4, -0.2) is 72.0 Å². The van der Waals surface area contributed by atoms with Gasteiger partial charge >= 0.3 is 0 Å². The summed E-state index contributed by atoms with van der Waals surface area (Å²) in [5, 5.41) is 12.0. The largest absolute Gasteiger partial charge is 0.395 e. The normalized spacial score (nSPS) is 17.2. The molecule has 2 heterocycles. The fraction of sp³-hybridized carbons (Fsp3) is 0.320. The van der Waals surface area contributed by atoms with E-state index in [2.05, 4.69) is 10.2 Å². The number of nitrogens with zero attached hydrogens (tertiary/aromatic N) is 3. The second-order valence-electron chi connectivity index (χ2n) is 8.27. The van der Waals surface area contributed by atoms with Crippen LogP contribution < -0.4 is 10.2 Å². The number of para-hydroxylation sites is 1. The summed E-state index contributed by atoms with van der Waals surface area (Å²) in [4.78, 5) is 44.1. The monoisotopic (exact) mass is 448 g/mol. The predicted molar refractivity (Wildman–Crippen MR) is 126 cm³/mol. The number of carbonyl (C=O) groups is 3. The minimum Gasteiger partial charge on any atom is -0.395 e. The maximum absolute atomic E-state index is 13.7. The van der Waals surface area contributed by atoms with Gasteiger partial charge in [-0.15, -0.1) is 0 Å². The Morgan fingerprint density at radius 2 is 1.64 bits per heavy atom. The Labute approximate surface area is 193 Å². The highest BCUT2D eigenvalue weighted by Gasteiger charge is 2.43. The zero-order chi connectivity index (χ0) is 23.5. The van der Waals surface area contributed by atoms with Crippen molar-refractivity contribution in [3.8, 4) is 0 Å². The van der Waals surface area contributed by atoms with Crippen molar-refractivity contribution in [2.75, 3.05) is 49.5 Å². The molecule has 0 aromatic heterocycles. The molecule has 1 fully saturated rings. The predicted octanol–water partition coefficient (Wildman–Crippen LogP) is 1.85. The Kier molecular flexibility index (Phi) is 6.57. The van der Waals surface area contributed by atoms with Crippen LogP contribution in [0.2, 0.25) is 0 Å². The lowest BCUT2D eigenvalue weighted by Crippen LogP contribution is -2.48. The van der Waals surface area contributed by atoms with Crippen LogP contribution in [0.25, 0.3) is 5.57 Å². The fourth-order valence-electron chi connectivity index (χ4n) is 4.36. The van der Waals surface area contributed by atoms with Gasteiger partial charge in [-0.2, -0.15) is 0 Å². The Balaban J connectivity index is 1.73. The van der Waals surface area contributed by atoms with Crippen LogP contribution in [0.1, 0.15) is 18.1 Å². The SMILES string of the molecule is CC(=O)Nc1ccc(C2=C(N3CCN(CCO)CC3)C(=O)N(c3ccccc3C)C2=O)cc1. The maximum Gasteiger partial charge on any atom is 0.282 e. The van der Waals surface area contributed by atoms with Crippen molar-refractivity contribution in [1.82, 2.24) is 9.80 Å². The molecule has 2 aromatic carbocycles. The number of amides is 3. The van der Waals surface area contributed by atoms with E-state index in [1.165, 1.54) is 11.8 Å². The number of hydrogen-bond acceptors (Lipinski definition) is 6. The van der Waals surface area contributed by atoms with Gasteiger partial charge in [0.05, 0.1) is 17.9 Å². The molecule has 0 spiro atoms. The number of benzene rings is 2. The number of nitrogens with one attached hydrogen (secondary N) is 1. The Hall–Kier alpha value is -3.49. The third kappa shape index (κ3) is 4.53. The molecule has 33 heavy (non-hydrogen) atoms. The molecular formula is C25H28N4O4. The zero-order valence-electron chi connectivity index (χ0n) is 18.9. The molecule has 2 aromatic rings. The van der Waals surface area contributed by atoms with Gasteiger partial charge < -0.3 is 15.3 Å². The Morgan fingerprint density at radius 1 is 0.970 bits per heavy atom. The van der Waals surface area contributed by atoms with Gasteiger partial charge in [0.1, 0.15) is 5.70 Å². The first-order valence-corrected chi connectivity index (χ1v) is 11.1. The van der Waals surface area contributed by atoms with Gasteiger partial charge in [0.2, 0.25) is 5.91 Å². The summed E-state index contributed by atoms with van der Waals surface area (Å²) < 4.78 is 0. The molecule has 2 aliphatic rings. The van der Waals surface area contributed by atoms with Crippen LogP contribution in [0.15, 0.2) is 54.2 Å². The molecule has 3 amide bonds. The lowest BCUT2D eigenvalue weighted by Gasteiger charge is -2.36. The van der Waals surface area contributed by atoms with Crippen LogP contribution in [0, 0.1) is 6.92 Å². The molecule has 8 heteroatoms. The summed E-state index contributed by atoms with van der Waals surface area (Å²) in [5.41, 5.74) is 3.44. The Morgan fingerprint density at radius 3 is 2.24 bits per heavy atom. The summed E-state index contributed by atoms with van der Waals surface area (Å²) in [6.45, 7) is 6.56. The highest BCUT2D eigenvalue weighted by atomic mass is 16.3. The highest BCUT2D eigenvalue weighted by Crippen LogP contribution is 2.36. The van der Waals surface area contributed by atoms with Crippen molar-refractivity contribution in [3.63, 3.8) is 0 Å². The standard InChI is InChI=1S/C25H28N4O4/c1-17-5-3-4-6-21(17)29-24(32)22(19-7-9-20(10-8-19)26-18(2)31)23(25(29)33)28-13-11-27(12-14-28)15-16-30/h3-10,30H,11-16H2,1-2H3,(H,26,31). The molecule has 0 unspecified atom stereocenters. The lowest BCUT2D eigenvalue weighted by atomic mass is 10.0. The van der Waals surface area contributed by atoms with Crippen LogP contribution in [-0.2, 0) is 14.4 Å². The first kappa shape index (κ1) is 22.7. The van der Waals surface area contributed by atoms with Crippen molar-refractivity contribution in [1.29, 1.82) is 0 Å². The number of piperazine rings is 1. The Bertz CT molecular complexity index is 1100. The maximum atomic E-state index is 13.7. The van der Waals surface area contributed by atoms with Crippen LogP contribution in [0.5, 0.6) is 0 Å². The molecule has 172 valence electrons. The summed E-state index contributed by atoms with van der Waals surface area (Å²) >= 11 is 0. The number of β-amino-alcohol motifs (C(OH)–C–C–N with tert-alkyl or cyclic N) is 1. The lowest BCUT2D eigenvalue weighted by molar-refractivity contribution is -0.121. The summed E-state index contributed by atoms with van der Waals surface area (Å²) in [6, 6.07) is 14.3. The molecule has 4 rings (SSSR count). The molecule has 8 nitrogen and oxygen atoms in total. The van der Waals surface area contributed by atoms with E-state index in [1.807, 2.05) is 30.0 Å². The molecule has 0 saturated carbocycles. The van der Waals surface area contributed by atoms with E-state index in [4.69, 9.17) is 0 Å². The number of aliphatic hydroxyl groups excluding tert-OH is 1. The first-order valence-electron chi connectivity index (χ1n) is 11.1. The molecule has 0 atom stereocenters. The smallest absolute Gasteiger partial charge is 0.282 e. The van der Waals surface area contributed by atoms with Gasteiger partial charge in [-0.1, -0.05) is 30.3 Å². The number of imide groups is 1. The zero-order valence-corrected chi connectivity index (χ0v) is 18.9. The molecular weight excluding hydrogens is 420 g/mol. The quantitative estimate of drug-likeness (QED) is 0.656. The molecule has 1 saturated heterocycles. The molecule has 2 N–H and O–H groups in total. The van der Waals surface area contributed by atoms with Gasteiger partial charge in [0.25, 0.3) is 11.8 Å². The van der Waals surface area contributed by atoms with Crippen molar-refractivity contribution in [2.24, 2.45) is 0 Å². The van der Waals surface area contributed by atoms with E-state index in [1.54, 1.807) is 30.3 Å². The van der Waals surface area contributed by atoms with Gasteiger partial charge in [0, 0.05) is 45.3 Å².